The molecule has 0 unspecified atom stereocenters. The number of hydrogen-bond acceptors (Lipinski definition) is 2. The van der Waals surface area contributed by atoms with E-state index in [1.165, 1.54) is 6.07 Å². The highest BCUT2D eigenvalue weighted by Gasteiger charge is 2.07. The van der Waals surface area contributed by atoms with Crippen LogP contribution in [0, 0.1) is 17.7 Å². The standard InChI is InChI=1S/C16H17FO2/c1-4-19-16(18)10-9-14-8-7-13(11-15(14)17)6-5-12(2)3/h7-8,11H,2,4,9-10H2,1,3H3. The van der Waals surface area contributed by atoms with Crippen LogP contribution in [-0.4, -0.2) is 12.6 Å². The van der Waals surface area contributed by atoms with Crippen molar-refractivity contribution < 1.29 is 13.9 Å². The molecule has 0 heterocycles. The first-order valence-electron chi connectivity index (χ1n) is 6.14. The molecule has 0 fully saturated rings. The molecular weight excluding hydrogens is 243 g/mol. The molecule has 2 nitrogen and oxygen atoms in total. The average molecular weight is 260 g/mol. The lowest BCUT2D eigenvalue weighted by atomic mass is 10.1. The molecule has 0 aliphatic heterocycles. The van der Waals surface area contributed by atoms with E-state index < -0.39 is 0 Å². The Morgan fingerprint density at radius 1 is 1.47 bits per heavy atom. The molecule has 0 saturated carbocycles. The van der Waals surface area contributed by atoms with E-state index in [1.54, 1.807) is 26.0 Å². The Hall–Kier alpha value is -2.08. The monoisotopic (exact) mass is 260 g/mol. The number of allylic oxidation sites excluding steroid dienone is 1. The van der Waals surface area contributed by atoms with Crippen molar-refractivity contribution in [3.8, 4) is 11.8 Å². The zero-order valence-electron chi connectivity index (χ0n) is 11.3. The second kappa shape index (κ2) is 7.38. The highest BCUT2D eigenvalue weighted by molar-refractivity contribution is 5.69. The lowest BCUT2D eigenvalue weighted by molar-refractivity contribution is -0.143. The summed E-state index contributed by atoms with van der Waals surface area (Å²) >= 11 is 0. The summed E-state index contributed by atoms with van der Waals surface area (Å²) in [5, 5.41) is 0. The Labute approximate surface area is 113 Å². The third-order valence-corrected chi connectivity index (χ3v) is 2.38. The van der Waals surface area contributed by atoms with Crippen LogP contribution in [-0.2, 0) is 16.0 Å². The molecule has 100 valence electrons. The van der Waals surface area contributed by atoms with Gasteiger partial charge in [-0.15, -0.1) is 0 Å². The largest absolute Gasteiger partial charge is 0.466 e. The molecule has 0 atom stereocenters. The van der Waals surface area contributed by atoms with E-state index in [-0.39, 0.29) is 18.2 Å². The van der Waals surface area contributed by atoms with Gasteiger partial charge in [0.1, 0.15) is 5.82 Å². The fraction of sp³-hybridized carbons (Fsp3) is 0.312. The molecular formula is C16H17FO2. The average Bonchev–Trinajstić information content (AvgIpc) is 2.35. The summed E-state index contributed by atoms with van der Waals surface area (Å²) in [5.74, 6) is 4.95. The first-order valence-corrected chi connectivity index (χ1v) is 6.14. The van der Waals surface area contributed by atoms with Crippen LogP contribution in [0.4, 0.5) is 4.39 Å². The number of hydrogen-bond donors (Lipinski definition) is 0. The Morgan fingerprint density at radius 2 is 2.21 bits per heavy atom. The van der Waals surface area contributed by atoms with Gasteiger partial charge in [-0.1, -0.05) is 24.5 Å². The lowest BCUT2D eigenvalue weighted by Crippen LogP contribution is -2.06. The predicted molar refractivity (Wildman–Crippen MR) is 73.0 cm³/mol. The zero-order chi connectivity index (χ0) is 14.3. The van der Waals surface area contributed by atoms with Crippen LogP contribution in [0.3, 0.4) is 0 Å². The molecule has 1 rings (SSSR count). The zero-order valence-corrected chi connectivity index (χ0v) is 11.3. The summed E-state index contributed by atoms with van der Waals surface area (Å²) in [4.78, 5) is 11.2. The first kappa shape index (κ1) is 15.0. The fourth-order valence-electron chi connectivity index (χ4n) is 1.48. The molecule has 1 aromatic rings. The highest BCUT2D eigenvalue weighted by Crippen LogP contribution is 2.12. The van der Waals surface area contributed by atoms with E-state index in [1.807, 2.05) is 0 Å². The molecule has 0 N–H and O–H groups in total. The van der Waals surface area contributed by atoms with Crippen LogP contribution in [0.15, 0.2) is 30.4 Å². The van der Waals surface area contributed by atoms with Gasteiger partial charge in [0.2, 0.25) is 0 Å². The van der Waals surface area contributed by atoms with Gasteiger partial charge in [-0.25, -0.2) is 4.39 Å². The maximum absolute atomic E-state index is 13.8. The molecule has 3 heteroatoms. The molecule has 0 bridgehead atoms. The topological polar surface area (TPSA) is 26.3 Å². The second-order valence-corrected chi connectivity index (χ2v) is 4.14. The summed E-state index contributed by atoms with van der Waals surface area (Å²) in [6.07, 6.45) is 0.514. The van der Waals surface area contributed by atoms with E-state index in [9.17, 15) is 9.18 Å². The van der Waals surface area contributed by atoms with Crippen molar-refractivity contribution in [1.82, 2.24) is 0 Å². The van der Waals surface area contributed by atoms with E-state index in [0.29, 0.717) is 24.2 Å². The molecule has 1 aromatic carbocycles. The smallest absolute Gasteiger partial charge is 0.306 e. The molecule has 0 saturated heterocycles. The number of halogens is 1. The van der Waals surface area contributed by atoms with Gasteiger partial charge in [-0.3, -0.25) is 4.79 Å². The van der Waals surface area contributed by atoms with Gasteiger partial charge in [0.15, 0.2) is 0 Å². The first-order chi connectivity index (χ1) is 9.02. The minimum atomic E-state index is -0.349. The molecule has 19 heavy (non-hydrogen) atoms. The molecule has 0 amide bonds. The number of rotatable bonds is 4. The van der Waals surface area contributed by atoms with Crippen LogP contribution in [0.2, 0.25) is 0 Å². The SMILES string of the molecule is C=C(C)C#Cc1ccc(CCC(=O)OCC)c(F)c1. The van der Waals surface area contributed by atoms with Gasteiger partial charge < -0.3 is 4.74 Å². The van der Waals surface area contributed by atoms with Crippen molar-refractivity contribution in [1.29, 1.82) is 0 Å². The van der Waals surface area contributed by atoms with Crippen molar-refractivity contribution in [3.63, 3.8) is 0 Å². The summed E-state index contributed by atoms with van der Waals surface area (Å²) < 4.78 is 18.6. The van der Waals surface area contributed by atoms with Crippen molar-refractivity contribution in [2.45, 2.75) is 26.7 Å². The van der Waals surface area contributed by atoms with Gasteiger partial charge in [-0.2, -0.15) is 0 Å². The predicted octanol–water partition coefficient (Wildman–Crippen LogP) is 3.25. The second-order valence-electron chi connectivity index (χ2n) is 4.14. The Balaban J connectivity index is 2.70. The number of carbonyl (C=O) groups excluding carboxylic acids is 1. The number of aryl methyl sites for hydroxylation is 1. The third kappa shape index (κ3) is 5.39. The Bertz CT molecular complexity index is 535. The van der Waals surface area contributed by atoms with E-state index in [2.05, 4.69) is 18.4 Å². The fourth-order valence-corrected chi connectivity index (χ4v) is 1.48. The van der Waals surface area contributed by atoms with Crippen LogP contribution < -0.4 is 0 Å². The highest BCUT2D eigenvalue weighted by atomic mass is 19.1. The van der Waals surface area contributed by atoms with Crippen molar-refractivity contribution >= 4 is 5.97 Å². The molecule has 0 spiro atoms. The normalized spacial score (nSPS) is 9.42. The van der Waals surface area contributed by atoms with Gasteiger partial charge in [0.25, 0.3) is 0 Å². The van der Waals surface area contributed by atoms with Crippen LogP contribution >= 0.6 is 0 Å². The minimum absolute atomic E-state index is 0.182. The third-order valence-electron chi connectivity index (χ3n) is 2.38. The van der Waals surface area contributed by atoms with Gasteiger partial charge >= 0.3 is 5.97 Å². The Morgan fingerprint density at radius 3 is 2.79 bits per heavy atom. The van der Waals surface area contributed by atoms with E-state index in [4.69, 9.17) is 4.74 Å². The van der Waals surface area contributed by atoms with Crippen molar-refractivity contribution in [2.75, 3.05) is 6.61 Å². The molecule has 0 aliphatic rings. The lowest BCUT2D eigenvalue weighted by Gasteiger charge is -2.04. The van der Waals surface area contributed by atoms with Crippen LogP contribution in [0.5, 0.6) is 0 Å². The van der Waals surface area contributed by atoms with Gasteiger partial charge in [0.05, 0.1) is 6.61 Å². The Kier molecular flexibility index (Phi) is 5.81. The maximum Gasteiger partial charge on any atom is 0.306 e. The van der Waals surface area contributed by atoms with Gasteiger partial charge in [-0.05, 0) is 43.5 Å². The summed E-state index contributed by atoms with van der Waals surface area (Å²) in [6, 6.07) is 4.76. The number of ether oxygens (including phenoxy) is 1. The van der Waals surface area contributed by atoms with E-state index >= 15 is 0 Å². The maximum atomic E-state index is 13.8. The van der Waals surface area contributed by atoms with Crippen molar-refractivity contribution in [3.05, 3.63) is 47.3 Å². The van der Waals surface area contributed by atoms with Crippen LogP contribution in [0.25, 0.3) is 0 Å². The van der Waals surface area contributed by atoms with Crippen LogP contribution in [0.1, 0.15) is 31.4 Å². The molecule has 0 radical (unpaired) electrons. The van der Waals surface area contributed by atoms with E-state index in [0.717, 1.165) is 5.57 Å². The number of benzene rings is 1. The quantitative estimate of drug-likeness (QED) is 0.613. The molecule has 0 aromatic heterocycles. The summed E-state index contributed by atoms with van der Waals surface area (Å²) in [7, 11) is 0. The molecule has 0 aliphatic carbocycles. The number of esters is 1. The van der Waals surface area contributed by atoms with Gasteiger partial charge in [0, 0.05) is 12.0 Å². The summed E-state index contributed by atoms with van der Waals surface area (Å²) in [5.41, 5.74) is 1.82. The summed E-state index contributed by atoms with van der Waals surface area (Å²) in [6.45, 7) is 7.53. The minimum Gasteiger partial charge on any atom is -0.466 e. The van der Waals surface area contributed by atoms with Crippen molar-refractivity contribution in [2.24, 2.45) is 0 Å². The number of carbonyl (C=O) groups is 1.